The van der Waals surface area contributed by atoms with Crippen LogP contribution in [0.2, 0.25) is 0 Å². The van der Waals surface area contributed by atoms with Crippen molar-refractivity contribution in [2.45, 2.75) is 4.90 Å². The summed E-state index contributed by atoms with van der Waals surface area (Å²) in [4.78, 5) is -1.85. The van der Waals surface area contributed by atoms with Crippen LogP contribution < -0.4 is 0 Å². The van der Waals surface area contributed by atoms with E-state index in [1.54, 1.807) is 12.1 Å². The van der Waals surface area contributed by atoms with Gasteiger partial charge in [0.05, 0.1) is 0 Å². The predicted octanol–water partition coefficient (Wildman–Crippen LogP) is 6.10. The van der Waals surface area contributed by atoms with Gasteiger partial charge in [0.25, 0.3) is 0 Å². The van der Waals surface area contributed by atoms with Gasteiger partial charge in [0.15, 0.2) is 0 Å². The van der Waals surface area contributed by atoms with E-state index < -0.39 is 15.1 Å². The highest BCUT2D eigenvalue weighted by Gasteiger charge is 2.65. The molecular weight excluding hydrogens is 374 g/mol. The number of benzene rings is 2. The summed E-state index contributed by atoms with van der Waals surface area (Å²) in [5.41, 5.74) is 0. The average molecular weight is 380 g/mol. The van der Waals surface area contributed by atoms with Gasteiger partial charge in [-0.3, -0.25) is 0 Å². The Morgan fingerprint density at radius 2 is 1.29 bits per heavy atom. The molecular formula is C10H6F5IS. The summed E-state index contributed by atoms with van der Waals surface area (Å²) < 4.78 is 63.6. The molecule has 0 aliphatic heterocycles. The quantitative estimate of drug-likeness (QED) is 0.414. The molecule has 2 rings (SSSR count). The highest BCUT2D eigenvalue weighted by Crippen LogP contribution is 3.02. The van der Waals surface area contributed by atoms with Crippen molar-refractivity contribution >= 4 is 43.6 Å². The minimum absolute atomic E-state index is 0.149. The Kier molecular flexibility index (Phi) is 2.31. The lowest BCUT2D eigenvalue weighted by Crippen LogP contribution is -2.05. The van der Waals surface area contributed by atoms with Crippen LogP contribution in [0.4, 0.5) is 19.4 Å². The van der Waals surface area contributed by atoms with E-state index in [0.717, 1.165) is 9.64 Å². The van der Waals surface area contributed by atoms with Crippen LogP contribution in [0.1, 0.15) is 0 Å². The fraction of sp³-hybridized carbons (Fsp3) is 0. The lowest BCUT2D eigenvalue weighted by Gasteiger charge is -2.40. The Balaban J connectivity index is 2.74. The Bertz CT molecular complexity index is 605. The first-order chi connectivity index (χ1) is 7.45. The molecule has 0 saturated heterocycles. The summed E-state index contributed by atoms with van der Waals surface area (Å²) in [5, 5.41) is 0.652. The first kappa shape index (κ1) is 12.9. The van der Waals surface area contributed by atoms with Gasteiger partial charge < -0.3 is 0 Å². The first-order valence-electron chi connectivity index (χ1n) is 4.39. The average Bonchev–Trinajstić information content (AvgIpc) is 2.13. The van der Waals surface area contributed by atoms with E-state index in [9.17, 15) is 19.4 Å². The summed E-state index contributed by atoms with van der Waals surface area (Å²) in [5.74, 6) is 0. The molecule has 94 valence electrons. The van der Waals surface area contributed by atoms with Crippen LogP contribution in [0.5, 0.6) is 0 Å². The molecule has 0 unspecified atom stereocenters. The van der Waals surface area contributed by atoms with E-state index in [-0.39, 0.29) is 5.39 Å². The minimum Gasteiger partial charge on any atom is -0.0936 e. The third-order valence-electron chi connectivity index (χ3n) is 2.22. The van der Waals surface area contributed by atoms with Crippen molar-refractivity contribution in [2.24, 2.45) is 0 Å². The number of fused-ring (bicyclic) bond motifs is 1. The maximum absolute atomic E-state index is 12.6. The van der Waals surface area contributed by atoms with Gasteiger partial charge >= 0.3 is 10.2 Å². The van der Waals surface area contributed by atoms with Crippen LogP contribution in [0.25, 0.3) is 10.8 Å². The molecule has 7 heteroatoms. The van der Waals surface area contributed by atoms with Crippen molar-refractivity contribution in [3.63, 3.8) is 0 Å². The molecule has 0 fully saturated rings. The van der Waals surface area contributed by atoms with Crippen molar-refractivity contribution in [1.82, 2.24) is 0 Å². The maximum Gasteiger partial charge on any atom is 0.310 e. The van der Waals surface area contributed by atoms with Gasteiger partial charge in [-0.1, -0.05) is 31.6 Å². The zero-order chi connectivity index (χ0) is 13.0. The maximum atomic E-state index is 12.6. The molecule has 0 nitrogen and oxygen atoms in total. The molecule has 0 atom stereocenters. The van der Waals surface area contributed by atoms with Gasteiger partial charge in [-0.25, -0.2) is 0 Å². The largest absolute Gasteiger partial charge is 0.310 e. The van der Waals surface area contributed by atoms with E-state index in [4.69, 9.17) is 0 Å². The predicted molar refractivity (Wildman–Crippen MR) is 68.1 cm³/mol. The van der Waals surface area contributed by atoms with Crippen LogP contribution in [0.3, 0.4) is 0 Å². The van der Waals surface area contributed by atoms with Crippen molar-refractivity contribution in [1.29, 1.82) is 0 Å². The lowest BCUT2D eigenvalue weighted by molar-refractivity contribution is 0.364. The van der Waals surface area contributed by atoms with Crippen molar-refractivity contribution in [3.05, 3.63) is 40.0 Å². The molecule has 0 N–H and O–H groups in total. The SMILES string of the molecule is FS(F)(F)(F)(F)c1ccc2cc(I)ccc2c1. The van der Waals surface area contributed by atoms with Crippen molar-refractivity contribution in [2.75, 3.05) is 0 Å². The third-order valence-corrected chi connectivity index (χ3v) is 4.03. The van der Waals surface area contributed by atoms with Gasteiger partial charge in [0.1, 0.15) is 4.90 Å². The Morgan fingerprint density at radius 1 is 0.765 bits per heavy atom. The smallest absolute Gasteiger partial charge is 0.0936 e. The van der Waals surface area contributed by atoms with Gasteiger partial charge in [0, 0.05) is 3.57 Å². The highest BCUT2D eigenvalue weighted by atomic mass is 127. The van der Waals surface area contributed by atoms with E-state index in [2.05, 4.69) is 0 Å². The molecule has 0 aliphatic rings. The third kappa shape index (κ3) is 2.82. The van der Waals surface area contributed by atoms with Crippen LogP contribution in [0, 0.1) is 3.57 Å². The molecule has 0 aromatic heterocycles. The van der Waals surface area contributed by atoms with Crippen LogP contribution in [0.15, 0.2) is 41.3 Å². The molecule has 0 bridgehead atoms. The van der Waals surface area contributed by atoms with Gasteiger partial charge in [0.2, 0.25) is 0 Å². The summed E-state index contributed by atoms with van der Waals surface area (Å²) in [7, 11) is -9.57. The highest BCUT2D eigenvalue weighted by molar-refractivity contribution is 14.1. The fourth-order valence-corrected chi connectivity index (χ4v) is 2.62. The summed E-state index contributed by atoms with van der Waals surface area (Å²) >= 11 is 2.00. The van der Waals surface area contributed by atoms with Gasteiger partial charge in [-0.05, 0) is 57.6 Å². The van der Waals surface area contributed by atoms with Crippen molar-refractivity contribution < 1.29 is 19.4 Å². The molecule has 17 heavy (non-hydrogen) atoms. The molecule has 0 radical (unpaired) electrons. The molecule has 2 aromatic rings. The summed E-state index contributed by atoms with van der Waals surface area (Å²) in [6, 6.07) is 6.57. The van der Waals surface area contributed by atoms with Crippen LogP contribution in [-0.4, -0.2) is 0 Å². The first-order valence-corrected chi connectivity index (χ1v) is 7.42. The second-order valence-electron chi connectivity index (χ2n) is 3.62. The Labute approximate surface area is 108 Å². The zero-order valence-corrected chi connectivity index (χ0v) is 11.1. The normalized spacial score (nSPS) is 16.6. The fourth-order valence-electron chi connectivity index (χ4n) is 1.43. The van der Waals surface area contributed by atoms with Crippen LogP contribution >= 0.6 is 32.8 Å². The number of halogens is 6. The molecule has 0 saturated carbocycles. The Hall–Kier alpha value is -0.570. The number of rotatable bonds is 1. The summed E-state index contributed by atoms with van der Waals surface area (Å²) in [6.45, 7) is 0. The van der Waals surface area contributed by atoms with Gasteiger partial charge in [-0.15, -0.1) is 0 Å². The second-order valence-corrected chi connectivity index (χ2v) is 7.28. The molecule has 0 aliphatic carbocycles. The van der Waals surface area contributed by atoms with Gasteiger partial charge in [-0.2, -0.15) is 0 Å². The van der Waals surface area contributed by atoms with E-state index in [0.29, 0.717) is 17.5 Å². The van der Waals surface area contributed by atoms with E-state index >= 15 is 0 Å². The number of hydrogen-bond donors (Lipinski definition) is 0. The second kappa shape index (κ2) is 3.05. The number of hydrogen-bond acceptors (Lipinski definition) is 0. The standard InChI is InChI=1S/C10H6F5IS/c11-17(12,13,14,15)10-4-2-7-5-9(16)3-1-8(7)6-10/h1-6H. The Morgan fingerprint density at radius 3 is 1.88 bits per heavy atom. The zero-order valence-electron chi connectivity index (χ0n) is 8.14. The van der Waals surface area contributed by atoms with E-state index in [1.807, 2.05) is 22.6 Å². The molecule has 0 heterocycles. The molecule has 0 spiro atoms. The van der Waals surface area contributed by atoms with Crippen LogP contribution in [-0.2, 0) is 0 Å². The summed E-state index contributed by atoms with van der Waals surface area (Å²) in [6.07, 6.45) is 0. The van der Waals surface area contributed by atoms with E-state index in [1.165, 1.54) is 6.07 Å². The molecule has 0 amide bonds. The topological polar surface area (TPSA) is 0 Å². The lowest BCUT2D eigenvalue weighted by atomic mass is 10.1. The van der Waals surface area contributed by atoms with Crippen molar-refractivity contribution in [3.8, 4) is 0 Å². The minimum atomic E-state index is -9.57. The molecule has 2 aromatic carbocycles. The monoisotopic (exact) mass is 380 g/mol.